The molecule has 18 heavy (non-hydrogen) atoms. The van der Waals surface area contributed by atoms with E-state index in [9.17, 15) is 9.59 Å². The molecule has 0 fully saturated rings. The molecule has 0 radical (unpaired) electrons. The lowest BCUT2D eigenvalue weighted by Crippen LogP contribution is -2.42. The smallest absolute Gasteiger partial charge is 0.317 e. The zero-order chi connectivity index (χ0) is 14.0. The molecular formula is C13H24N2O3. The van der Waals surface area contributed by atoms with Crippen molar-refractivity contribution in [3.8, 4) is 0 Å². The Morgan fingerprint density at radius 2 is 1.72 bits per heavy atom. The van der Waals surface area contributed by atoms with Gasteiger partial charge in [-0.15, -0.1) is 6.58 Å². The number of carbonyl (C=O) groups excluding carboxylic acids is 1. The quantitative estimate of drug-likeness (QED) is 0.597. The second-order valence-electron chi connectivity index (χ2n) is 4.23. The molecule has 0 saturated heterocycles. The first kappa shape index (κ1) is 16.6. The highest BCUT2D eigenvalue weighted by Crippen LogP contribution is 1.98. The Kier molecular flexibility index (Phi) is 8.92. The van der Waals surface area contributed by atoms with E-state index >= 15 is 0 Å². The van der Waals surface area contributed by atoms with Gasteiger partial charge in [-0.05, 0) is 12.8 Å². The van der Waals surface area contributed by atoms with E-state index in [4.69, 9.17) is 5.11 Å². The summed E-state index contributed by atoms with van der Waals surface area (Å²) in [5.74, 6) is -0.941. The van der Waals surface area contributed by atoms with Gasteiger partial charge in [-0.25, -0.2) is 0 Å². The molecular weight excluding hydrogens is 232 g/mol. The van der Waals surface area contributed by atoms with Crippen LogP contribution in [0.25, 0.3) is 0 Å². The van der Waals surface area contributed by atoms with Crippen molar-refractivity contribution in [3.05, 3.63) is 12.7 Å². The summed E-state index contributed by atoms with van der Waals surface area (Å²) in [6.07, 6.45) is 3.43. The van der Waals surface area contributed by atoms with E-state index in [-0.39, 0.29) is 19.0 Å². The van der Waals surface area contributed by atoms with Gasteiger partial charge in [0.25, 0.3) is 0 Å². The highest BCUT2D eigenvalue weighted by Gasteiger charge is 2.17. The first-order valence-electron chi connectivity index (χ1n) is 6.37. The van der Waals surface area contributed by atoms with Crippen molar-refractivity contribution in [2.24, 2.45) is 0 Å². The number of nitrogens with zero attached hydrogens (tertiary/aromatic N) is 2. The lowest BCUT2D eigenvalue weighted by atomic mass is 10.3. The Hall–Kier alpha value is -1.36. The number of carboxylic acid groups (broad SMARTS) is 1. The number of hydrogen-bond acceptors (Lipinski definition) is 3. The summed E-state index contributed by atoms with van der Waals surface area (Å²) in [5.41, 5.74) is 0. The first-order valence-corrected chi connectivity index (χ1v) is 6.37. The molecule has 0 atom stereocenters. The maximum Gasteiger partial charge on any atom is 0.317 e. The number of carboxylic acids is 1. The zero-order valence-corrected chi connectivity index (χ0v) is 11.4. The fourth-order valence-corrected chi connectivity index (χ4v) is 1.75. The number of hydrogen-bond donors (Lipinski definition) is 1. The molecule has 0 bridgehead atoms. The lowest BCUT2D eigenvalue weighted by Gasteiger charge is -2.25. The predicted octanol–water partition coefficient (Wildman–Crippen LogP) is 1.21. The normalized spacial score (nSPS) is 10.4. The van der Waals surface area contributed by atoms with Crippen LogP contribution in [-0.4, -0.2) is 59.5 Å². The van der Waals surface area contributed by atoms with Crippen LogP contribution in [-0.2, 0) is 9.59 Å². The Bertz CT molecular complexity index is 273. The fraction of sp³-hybridized carbons (Fsp3) is 0.692. The number of aliphatic carboxylic acids is 1. The van der Waals surface area contributed by atoms with Crippen LogP contribution < -0.4 is 0 Å². The molecule has 104 valence electrons. The van der Waals surface area contributed by atoms with E-state index in [0.717, 1.165) is 25.9 Å². The molecule has 0 aliphatic carbocycles. The van der Waals surface area contributed by atoms with Crippen LogP contribution in [0.5, 0.6) is 0 Å². The van der Waals surface area contributed by atoms with Crippen molar-refractivity contribution >= 4 is 11.9 Å². The Labute approximate surface area is 109 Å². The molecule has 0 aromatic heterocycles. The topological polar surface area (TPSA) is 60.9 Å². The molecule has 1 amide bonds. The van der Waals surface area contributed by atoms with Crippen LogP contribution in [0, 0.1) is 0 Å². The second-order valence-corrected chi connectivity index (χ2v) is 4.23. The highest BCUT2D eigenvalue weighted by molar-refractivity contribution is 5.79. The van der Waals surface area contributed by atoms with Gasteiger partial charge >= 0.3 is 5.97 Å². The lowest BCUT2D eigenvalue weighted by molar-refractivity contribution is -0.139. The molecule has 0 unspecified atom stereocenters. The SMILES string of the molecule is C=CCN(CC(=O)O)CC(=O)N(CCC)CCC. The van der Waals surface area contributed by atoms with E-state index in [1.807, 2.05) is 13.8 Å². The zero-order valence-electron chi connectivity index (χ0n) is 11.4. The van der Waals surface area contributed by atoms with Crippen LogP contribution >= 0.6 is 0 Å². The number of rotatable bonds is 10. The van der Waals surface area contributed by atoms with Gasteiger partial charge in [-0.1, -0.05) is 19.9 Å². The fourth-order valence-electron chi connectivity index (χ4n) is 1.75. The molecule has 0 saturated carbocycles. The molecule has 0 heterocycles. The van der Waals surface area contributed by atoms with Gasteiger partial charge in [0.2, 0.25) is 5.91 Å². The largest absolute Gasteiger partial charge is 0.480 e. The standard InChI is InChI=1S/C13H24N2O3/c1-4-7-14(11-13(17)18)10-12(16)15(8-5-2)9-6-3/h4H,1,5-11H2,2-3H3,(H,17,18). The molecule has 0 rings (SSSR count). The average Bonchev–Trinajstić information content (AvgIpc) is 2.28. The average molecular weight is 256 g/mol. The van der Waals surface area contributed by atoms with Crippen molar-refractivity contribution in [1.29, 1.82) is 0 Å². The maximum absolute atomic E-state index is 12.0. The summed E-state index contributed by atoms with van der Waals surface area (Å²) < 4.78 is 0. The first-order chi connectivity index (χ1) is 8.54. The molecule has 0 aliphatic rings. The van der Waals surface area contributed by atoms with Gasteiger partial charge in [-0.3, -0.25) is 14.5 Å². The third-order valence-corrected chi connectivity index (χ3v) is 2.44. The van der Waals surface area contributed by atoms with E-state index in [1.165, 1.54) is 0 Å². The third kappa shape index (κ3) is 7.06. The predicted molar refractivity (Wildman–Crippen MR) is 71.4 cm³/mol. The van der Waals surface area contributed by atoms with Crippen LogP contribution in [0.15, 0.2) is 12.7 Å². The van der Waals surface area contributed by atoms with Crippen molar-refractivity contribution < 1.29 is 14.7 Å². The molecule has 5 heteroatoms. The molecule has 0 spiro atoms. The molecule has 0 aromatic carbocycles. The third-order valence-electron chi connectivity index (χ3n) is 2.44. The Balaban J connectivity index is 4.43. The number of amides is 1. The molecule has 5 nitrogen and oxygen atoms in total. The van der Waals surface area contributed by atoms with E-state index < -0.39 is 5.97 Å². The highest BCUT2D eigenvalue weighted by atomic mass is 16.4. The van der Waals surface area contributed by atoms with Crippen LogP contribution in [0.4, 0.5) is 0 Å². The van der Waals surface area contributed by atoms with Gasteiger partial charge in [-0.2, -0.15) is 0 Å². The monoisotopic (exact) mass is 256 g/mol. The summed E-state index contributed by atoms with van der Waals surface area (Å²) in [6, 6.07) is 0. The van der Waals surface area contributed by atoms with Crippen molar-refractivity contribution in [2.45, 2.75) is 26.7 Å². The number of carbonyl (C=O) groups is 2. The summed E-state index contributed by atoms with van der Waals surface area (Å²) in [5, 5.41) is 8.77. The van der Waals surface area contributed by atoms with E-state index in [2.05, 4.69) is 6.58 Å². The van der Waals surface area contributed by atoms with Gasteiger partial charge in [0.05, 0.1) is 13.1 Å². The maximum atomic E-state index is 12.0. The Morgan fingerprint density at radius 1 is 1.17 bits per heavy atom. The molecule has 1 N–H and O–H groups in total. The second kappa shape index (κ2) is 9.65. The van der Waals surface area contributed by atoms with Crippen LogP contribution in [0.1, 0.15) is 26.7 Å². The minimum atomic E-state index is -0.929. The molecule has 0 aliphatic heterocycles. The van der Waals surface area contributed by atoms with Gasteiger partial charge in [0.1, 0.15) is 0 Å². The summed E-state index contributed by atoms with van der Waals surface area (Å²) in [6.45, 7) is 9.47. The molecule has 0 aromatic rings. The van der Waals surface area contributed by atoms with Gasteiger partial charge < -0.3 is 10.0 Å². The van der Waals surface area contributed by atoms with Crippen molar-refractivity contribution in [2.75, 3.05) is 32.7 Å². The van der Waals surface area contributed by atoms with Gasteiger partial charge in [0, 0.05) is 19.6 Å². The van der Waals surface area contributed by atoms with Crippen LogP contribution in [0.2, 0.25) is 0 Å². The minimum absolute atomic E-state index is 0.0122. The summed E-state index contributed by atoms with van der Waals surface area (Å²) in [4.78, 5) is 26.1. The van der Waals surface area contributed by atoms with Crippen molar-refractivity contribution in [1.82, 2.24) is 9.80 Å². The van der Waals surface area contributed by atoms with E-state index in [0.29, 0.717) is 6.54 Å². The summed E-state index contributed by atoms with van der Waals surface area (Å²) >= 11 is 0. The van der Waals surface area contributed by atoms with Crippen LogP contribution in [0.3, 0.4) is 0 Å². The van der Waals surface area contributed by atoms with E-state index in [1.54, 1.807) is 15.9 Å². The minimum Gasteiger partial charge on any atom is -0.480 e. The van der Waals surface area contributed by atoms with Crippen molar-refractivity contribution in [3.63, 3.8) is 0 Å². The summed E-state index contributed by atoms with van der Waals surface area (Å²) in [7, 11) is 0. The Morgan fingerprint density at radius 3 is 2.11 bits per heavy atom. The van der Waals surface area contributed by atoms with Gasteiger partial charge in [0.15, 0.2) is 0 Å².